The van der Waals surface area contributed by atoms with Crippen molar-refractivity contribution >= 4 is 28.6 Å². The molecule has 0 saturated carbocycles. The first-order chi connectivity index (χ1) is 13.2. The number of aromatic amines is 1. The largest absolute Gasteiger partial charge is 0.361 e. The first-order valence-electron chi connectivity index (χ1n) is 9.69. The van der Waals surface area contributed by atoms with E-state index in [-0.39, 0.29) is 24.2 Å². The highest BCUT2D eigenvalue weighted by Gasteiger charge is 2.29. The lowest BCUT2D eigenvalue weighted by atomic mass is 9.96. The van der Waals surface area contributed by atoms with Crippen LogP contribution in [0.5, 0.6) is 0 Å². The maximum atomic E-state index is 12.7. The summed E-state index contributed by atoms with van der Waals surface area (Å²) in [6.07, 6.45) is 2.51. The normalized spacial score (nSPS) is 14.5. The molecule has 7 heteroatoms. The Hall–Kier alpha value is -2.67. The summed E-state index contributed by atoms with van der Waals surface area (Å²) in [6.45, 7) is 7.46. The molecule has 0 saturated heterocycles. The molecule has 3 amide bonds. The van der Waals surface area contributed by atoms with Gasteiger partial charge in [-0.25, -0.2) is 0 Å². The highest BCUT2D eigenvalue weighted by Crippen LogP contribution is 2.18. The minimum absolute atomic E-state index is 0.0517. The van der Waals surface area contributed by atoms with Crippen LogP contribution in [-0.4, -0.2) is 34.8 Å². The third-order valence-corrected chi connectivity index (χ3v) is 5.10. The molecule has 1 heterocycles. The minimum Gasteiger partial charge on any atom is -0.361 e. The Bertz CT molecular complexity index is 843. The standard InChI is InChI=1S/C21H30N4O3/c1-5-13(4)19(25-20(27)18(22)12(2)3)21(28)24-17(26)10-14-11-23-16-9-7-6-8-15(14)16/h6-9,11-13,18-19,23H,5,10,22H2,1-4H3,(H,25,27)(H,24,26,28)/t13-,18-,19-/m0/s1. The summed E-state index contributed by atoms with van der Waals surface area (Å²) < 4.78 is 0. The quantitative estimate of drug-likeness (QED) is 0.554. The number of hydrogen-bond acceptors (Lipinski definition) is 4. The summed E-state index contributed by atoms with van der Waals surface area (Å²) in [7, 11) is 0. The maximum absolute atomic E-state index is 12.7. The fourth-order valence-corrected chi connectivity index (χ4v) is 2.96. The third kappa shape index (κ3) is 5.19. The van der Waals surface area contributed by atoms with Gasteiger partial charge in [0.05, 0.1) is 12.5 Å². The molecule has 0 aliphatic rings. The number of carbonyl (C=O) groups is 3. The summed E-state index contributed by atoms with van der Waals surface area (Å²) in [6, 6.07) is 6.14. The van der Waals surface area contributed by atoms with Crippen molar-refractivity contribution in [3.63, 3.8) is 0 Å². The second-order valence-corrected chi connectivity index (χ2v) is 7.59. The number of carbonyl (C=O) groups excluding carboxylic acids is 3. The minimum atomic E-state index is -0.811. The van der Waals surface area contributed by atoms with E-state index >= 15 is 0 Å². The summed E-state index contributed by atoms with van der Waals surface area (Å²) >= 11 is 0. The van der Waals surface area contributed by atoms with Gasteiger partial charge in [-0.1, -0.05) is 52.3 Å². The van der Waals surface area contributed by atoms with Crippen LogP contribution in [0.2, 0.25) is 0 Å². The molecular weight excluding hydrogens is 356 g/mol. The van der Waals surface area contributed by atoms with Crippen LogP contribution in [0.1, 0.15) is 39.7 Å². The van der Waals surface area contributed by atoms with Crippen molar-refractivity contribution in [1.82, 2.24) is 15.6 Å². The Kier molecular flexibility index (Phi) is 7.34. The van der Waals surface area contributed by atoms with E-state index in [0.29, 0.717) is 6.42 Å². The zero-order valence-electron chi connectivity index (χ0n) is 16.9. The number of imide groups is 1. The molecule has 0 aliphatic heterocycles. The maximum Gasteiger partial charge on any atom is 0.249 e. The molecule has 0 radical (unpaired) electrons. The van der Waals surface area contributed by atoms with Crippen molar-refractivity contribution in [3.05, 3.63) is 36.0 Å². The molecule has 2 rings (SSSR count). The Labute approximate surface area is 165 Å². The average Bonchev–Trinajstić information content (AvgIpc) is 3.07. The molecule has 1 aromatic carbocycles. The fraction of sp³-hybridized carbons (Fsp3) is 0.476. The number of amides is 3. The Balaban J connectivity index is 2.05. The van der Waals surface area contributed by atoms with Gasteiger partial charge >= 0.3 is 0 Å². The Morgan fingerprint density at radius 3 is 2.43 bits per heavy atom. The van der Waals surface area contributed by atoms with Gasteiger partial charge in [-0.3, -0.25) is 19.7 Å². The van der Waals surface area contributed by atoms with Gasteiger partial charge in [-0.15, -0.1) is 0 Å². The molecule has 0 spiro atoms. The van der Waals surface area contributed by atoms with Gasteiger partial charge in [0, 0.05) is 17.1 Å². The smallest absolute Gasteiger partial charge is 0.249 e. The van der Waals surface area contributed by atoms with Crippen LogP contribution in [0, 0.1) is 11.8 Å². The van der Waals surface area contributed by atoms with Gasteiger partial charge in [-0.05, 0) is 23.5 Å². The number of nitrogens with one attached hydrogen (secondary N) is 3. The number of para-hydroxylation sites is 1. The van der Waals surface area contributed by atoms with Gasteiger partial charge in [-0.2, -0.15) is 0 Å². The van der Waals surface area contributed by atoms with Crippen LogP contribution < -0.4 is 16.4 Å². The van der Waals surface area contributed by atoms with Gasteiger partial charge in [0.1, 0.15) is 6.04 Å². The van der Waals surface area contributed by atoms with Gasteiger partial charge in [0.25, 0.3) is 0 Å². The number of hydrogen-bond donors (Lipinski definition) is 4. The van der Waals surface area contributed by atoms with E-state index in [9.17, 15) is 14.4 Å². The fourth-order valence-electron chi connectivity index (χ4n) is 2.96. The lowest BCUT2D eigenvalue weighted by Crippen LogP contribution is -2.56. The zero-order chi connectivity index (χ0) is 20.8. The molecule has 0 fully saturated rings. The lowest BCUT2D eigenvalue weighted by Gasteiger charge is -2.25. The number of rotatable bonds is 8. The van der Waals surface area contributed by atoms with Crippen molar-refractivity contribution in [2.75, 3.05) is 0 Å². The first kappa shape index (κ1) is 21.6. The Morgan fingerprint density at radius 2 is 1.79 bits per heavy atom. The molecule has 3 atom stereocenters. The van der Waals surface area contributed by atoms with Crippen molar-refractivity contribution in [2.45, 2.75) is 52.6 Å². The number of fused-ring (bicyclic) bond motifs is 1. The van der Waals surface area contributed by atoms with Crippen molar-refractivity contribution in [1.29, 1.82) is 0 Å². The van der Waals surface area contributed by atoms with Crippen molar-refractivity contribution in [3.8, 4) is 0 Å². The molecule has 28 heavy (non-hydrogen) atoms. The number of aromatic nitrogens is 1. The molecule has 1 aromatic heterocycles. The van der Waals surface area contributed by atoms with E-state index in [1.807, 2.05) is 52.0 Å². The van der Waals surface area contributed by atoms with E-state index in [1.54, 1.807) is 6.20 Å². The number of nitrogens with two attached hydrogens (primary N) is 1. The molecule has 0 aliphatic carbocycles. The average molecular weight is 386 g/mol. The summed E-state index contributed by atoms with van der Waals surface area (Å²) in [5, 5.41) is 6.08. The summed E-state index contributed by atoms with van der Waals surface area (Å²) in [5.41, 5.74) is 7.63. The van der Waals surface area contributed by atoms with E-state index in [1.165, 1.54) is 0 Å². The molecule has 7 nitrogen and oxygen atoms in total. The first-order valence-corrected chi connectivity index (χ1v) is 9.69. The molecular formula is C21H30N4O3. The molecule has 5 N–H and O–H groups in total. The highest BCUT2D eigenvalue weighted by atomic mass is 16.2. The zero-order valence-corrected chi connectivity index (χ0v) is 16.9. The molecule has 0 unspecified atom stereocenters. The predicted molar refractivity (Wildman–Crippen MR) is 109 cm³/mol. The van der Waals surface area contributed by atoms with Gasteiger partial charge in [0.2, 0.25) is 17.7 Å². The molecule has 2 aromatic rings. The van der Waals surface area contributed by atoms with Crippen LogP contribution in [0.25, 0.3) is 10.9 Å². The van der Waals surface area contributed by atoms with Crippen molar-refractivity contribution in [2.24, 2.45) is 17.6 Å². The number of benzene rings is 1. The second-order valence-electron chi connectivity index (χ2n) is 7.59. The summed E-state index contributed by atoms with van der Waals surface area (Å²) in [5.74, 6) is -1.50. The predicted octanol–water partition coefficient (Wildman–Crippen LogP) is 1.87. The lowest BCUT2D eigenvalue weighted by molar-refractivity contribution is -0.135. The van der Waals surface area contributed by atoms with Gasteiger partial charge < -0.3 is 16.0 Å². The van der Waals surface area contributed by atoms with E-state index in [4.69, 9.17) is 5.73 Å². The SMILES string of the molecule is CC[C@H](C)[C@H](NC(=O)[C@@H](N)C(C)C)C(=O)NC(=O)Cc1c[nH]c2ccccc12. The van der Waals surface area contributed by atoms with Crippen LogP contribution in [0.15, 0.2) is 30.5 Å². The van der Waals surface area contributed by atoms with Gasteiger partial charge in [0.15, 0.2) is 0 Å². The van der Waals surface area contributed by atoms with Crippen LogP contribution in [0.3, 0.4) is 0 Å². The topological polar surface area (TPSA) is 117 Å². The molecule has 0 bridgehead atoms. The monoisotopic (exact) mass is 386 g/mol. The number of H-pyrrole nitrogens is 1. The second kappa shape index (κ2) is 9.50. The third-order valence-electron chi connectivity index (χ3n) is 5.10. The Morgan fingerprint density at radius 1 is 1.11 bits per heavy atom. The van der Waals surface area contributed by atoms with E-state index in [2.05, 4.69) is 15.6 Å². The van der Waals surface area contributed by atoms with Crippen LogP contribution in [-0.2, 0) is 20.8 Å². The van der Waals surface area contributed by atoms with E-state index in [0.717, 1.165) is 16.5 Å². The van der Waals surface area contributed by atoms with Crippen molar-refractivity contribution < 1.29 is 14.4 Å². The van der Waals surface area contributed by atoms with E-state index < -0.39 is 23.9 Å². The van der Waals surface area contributed by atoms with Crippen LogP contribution >= 0.6 is 0 Å². The van der Waals surface area contributed by atoms with Crippen LogP contribution in [0.4, 0.5) is 0 Å². The molecule has 152 valence electrons. The highest BCUT2D eigenvalue weighted by molar-refractivity contribution is 6.01. The summed E-state index contributed by atoms with van der Waals surface area (Å²) in [4.78, 5) is 40.5.